The number of hydrogen-bond donors (Lipinski definition) is 2. The van der Waals surface area contributed by atoms with Gasteiger partial charge in [-0.1, -0.05) is 0 Å². The molecule has 0 aromatic carbocycles. The fourth-order valence-electron chi connectivity index (χ4n) is 3.14. The molecule has 138 valence electrons. The Morgan fingerprint density at radius 2 is 1.96 bits per heavy atom. The molecule has 1 aliphatic heterocycles. The highest BCUT2D eigenvalue weighted by atomic mass is 32.2. The average Bonchev–Trinajstić information content (AvgIpc) is 3.39. The van der Waals surface area contributed by atoms with Gasteiger partial charge in [0.15, 0.2) is 0 Å². The Balaban J connectivity index is 1.90. The molecule has 0 unspecified atom stereocenters. The SMILES string of the molecule is CNC(=O)c1cc2c(nc1NC(C)C)CCN(S(=O)(=O)C1CC1)CC2. The van der Waals surface area contributed by atoms with Gasteiger partial charge < -0.3 is 10.6 Å². The van der Waals surface area contributed by atoms with Crippen molar-refractivity contribution in [3.05, 3.63) is 22.9 Å². The van der Waals surface area contributed by atoms with Crippen LogP contribution in [0.3, 0.4) is 0 Å². The summed E-state index contributed by atoms with van der Waals surface area (Å²) in [5.74, 6) is 0.372. The minimum atomic E-state index is -3.18. The summed E-state index contributed by atoms with van der Waals surface area (Å²) in [7, 11) is -1.59. The lowest BCUT2D eigenvalue weighted by atomic mass is 10.0. The second-order valence-corrected chi connectivity index (χ2v) is 9.22. The van der Waals surface area contributed by atoms with E-state index in [1.54, 1.807) is 11.4 Å². The summed E-state index contributed by atoms with van der Waals surface area (Å²) < 4.78 is 26.6. The van der Waals surface area contributed by atoms with Crippen molar-refractivity contribution >= 4 is 21.7 Å². The number of rotatable bonds is 5. The maximum Gasteiger partial charge on any atom is 0.254 e. The van der Waals surface area contributed by atoms with Gasteiger partial charge in [0.25, 0.3) is 5.91 Å². The molecule has 1 saturated carbocycles. The summed E-state index contributed by atoms with van der Waals surface area (Å²) in [6.45, 7) is 4.90. The third-order valence-corrected chi connectivity index (χ3v) is 7.02. The van der Waals surface area contributed by atoms with Gasteiger partial charge >= 0.3 is 0 Å². The Kier molecular flexibility index (Phi) is 5.02. The van der Waals surface area contributed by atoms with Crippen LogP contribution in [0.15, 0.2) is 6.07 Å². The molecule has 2 N–H and O–H groups in total. The Hall–Kier alpha value is -1.67. The molecule has 0 spiro atoms. The predicted molar refractivity (Wildman–Crippen MR) is 97.3 cm³/mol. The Labute approximate surface area is 149 Å². The first-order chi connectivity index (χ1) is 11.8. The molecule has 8 heteroatoms. The first kappa shape index (κ1) is 18.1. The molecule has 3 rings (SSSR count). The third-order valence-electron chi connectivity index (χ3n) is 4.62. The number of carbonyl (C=O) groups is 1. The minimum absolute atomic E-state index is 0.145. The molecular weight excluding hydrogens is 340 g/mol. The average molecular weight is 366 g/mol. The van der Waals surface area contributed by atoms with Gasteiger partial charge in [0, 0.05) is 38.3 Å². The quantitative estimate of drug-likeness (QED) is 0.816. The molecule has 0 atom stereocenters. The van der Waals surface area contributed by atoms with E-state index < -0.39 is 10.0 Å². The molecule has 0 saturated heterocycles. The van der Waals surface area contributed by atoms with Gasteiger partial charge in [-0.05, 0) is 44.7 Å². The van der Waals surface area contributed by atoms with Gasteiger partial charge in [0.05, 0.1) is 10.8 Å². The summed E-state index contributed by atoms with van der Waals surface area (Å²) >= 11 is 0. The predicted octanol–water partition coefficient (Wildman–Crippen LogP) is 1.15. The fraction of sp³-hybridized carbons (Fsp3) is 0.647. The van der Waals surface area contributed by atoms with Gasteiger partial charge in [0.2, 0.25) is 10.0 Å². The third kappa shape index (κ3) is 3.79. The van der Waals surface area contributed by atoms with E-state index in [0.29, 0.717) is 37.3 Å². The number of hydrogen-bond acceptors (Lipinski definition) is 5. The fourth-order valence-corrected chi connectivity index (χ4v) is 4.98. The van der Waals surface area contributed by atoms with Crippen molar-refractivity contribution in [2.75, 3.05) is 25.5 Å². The summed E-state index contributed by atoms with van der Waals surface area (Å²) in [6, 6.07) is 2.01. The largest absolute Gasteiger partial charge is 0.367 e. The molecular formula is C17H26N4O3S. The molecule has 2 heterocycles. The summed E-state index contributed by atoms with van der Waals surface area (Å²) in [5.41, 5.74) is 2.35. The number of anilines is 1. The monoisotopic (exact) mass is 366 g/mol. The lowest BCUT2D eigenvalue weighted by molar-refractivity contribution is 0.0963. The van der Waals surface area contributed by atoms with E-state index in [2.05, 4.69) is 15.6 Å². The second kappa shape index (κ2) is 6.92. The maximum absolute atomic E-state index is 12.5. The smallest absolute Gasteiger partial charge is 0.254 e. The van der Waals surface area contributed by atoms with E-state index in [4.69, 9.17) is 0 Å². The summed E-state index contributed by atoms with van der Waals surface area (Å²) in [5, 5.41) is 5.68. The minimum Gasteiger partial charge on any atom is -0.367 e. The highest BCUT2D eigenvalue weighted by molar-refractivity contribution is 7.90. The van der Waals surface area contributed by atoms with E-state index in [1.807, 2.05) is 19.9 Å². The number of sulfonamides is 1. The molecule has 0 bridgehead atoms. The number of amides is 1. The van der Waals surface area contributed by atoms with Crippen molar-refractivity contribution in [1.82, 2.24) is 14.6 Å². The van der Waals surface area contributed by atoms with Gasteiger partial charge in [-0.15, -0.1) is 0 Å². The van der Waals surface area contributed by atoms with Gasteiger partial charge in [-0.25, -0.2) is 17.7 Å². The van der Waals surface area contributed by atoms with Crippen LogP contribution in [0.1, 0.15) is 48.3 Å². The zero-order valence-corrected chi connectivity index (χ0v) is 15.8. The Bertz CT molecular complexity index is 772. The van der Waals surface area contributed by atoms with Crippen LogP contribution in [-0.4, -0.2) is 55.0 Å². The zero-order chi connectivity index (χ0) is 18.2. The lowest BCUT2D eigenvalue weighted by Crippen LogP contribution is -2.35. The first-order valence-corrected chi connectivity index (χ1v) is 10.3. The second-order valence-electron chi connectivity index (χ2n) is 7.01. The molecule has 1 aromatic heterocycles. The van der Waals surface area contributed by atoms with E-state index in [9.17, 15) is 13.2 Å². The van der Waals surface area contributed by atoms with Crippen LogP contribution in [0.4, 0.5) is 5.82 Å². The highest BCUT2D eigenvalue weighted by Gasteiger charge is 2.40. The number of nitrogens with zero attached hydrogens (tertiary/aromatic N) is 2. The number of fused-ring (bicyclic) bond motifs is 1. The van der Waals surface area contributed by atoms with Gasteiger partial charge in [0.1, 0.15) is 5.82 Å². The number of aromatic nitrogens is 1. The van der Waals surface area contributed by atoms with Crippen molar-refractivity contribution in [2.45, 2.75) is 50.8 Å². The molecule has 0 radical (unpaired) electrons. The lowest BCUT2D eigenvalue weighted by Gasteiger charge is -2.19. The van der Waals surface area contributed by atoms with Crippen LogP contribution < -0.4 is 10.6 Å². The van der Waals surface area contributed by atoms with E-state index in [1.165, 1.54) is 0 Å². The Morgan fingerprint density at radius 3 is 2.56 bits per heavy atom. The zero-order valence-electron chi connectivity index (χ0n) is 15.0. The summed E-state index contributed by atoms with van der Waals surface area (Å²) in [6.07, 6.45) is 2.70. The molecule has 1 aliphatic carbocycles. The molecule has 2 aliphatic rings. The van der Waals surface area contributed by atoms with Crippen LogP contribution in [0.25, 0.3) is 0 Å². The van der Waals surface area contributed by atoms with Crippen LogP contribution in [-0.2, 0) is 22.9 Å². The van der Waals surface area contributed by atoms with Crippen molar-refractivity contribution in [3.8, 4) is 0 Å². The van der Waals surface area contributed by atoms with Gasteiger partial charge in [-0.2, -0.15) is 0 Å². The maximum atomic E-state index is 12.5. The van der Waals surface area contributed by atoms with Crippen molar-refractivity contribution in [2.24, 2.45) is 0 Å². The van der Waals surface area contributed by atoms with Crippen LogP contribution in [0, 0.1) is 0 Å². The van der Waals surface area contributed by atoms with E-state index in [-0.39, 0.29) is 17.2 Å². The molecule has 25 heavy (non-hydrogen) atoms. The van der Waals surface area contributed by atoms with Crippen molar-refractivity contribution < 1.29 is 13.2 Å². The molecule has 1 aromatic rings. The normalized spacial score (nSPS) is 18.6. The number of nitrogens with one attached hydrogen (secondary N) is 2. The number of carbonyl (C=O) groups excluding carboxylic acids is 1. The molecule has 7 nitrogen and oxygen atoms in total. The van der Waals surface area contributed by atoms with Crippen LogP contribution in [0.2, 0.25) is 0 Å². The van der Waals surface area contributed by atoms with E-state index in [0.717, 1.165) is 24.1 Å². The van der Waals surface area contributed by atoms with Crippen LogP contribution in [0.5, 0.6) is 0 Å². The van der Waals surface area contributed by atoms with Crippen LogP contribution >= 0.6 is 0 Å². The summed E-state index contributed by atoms with van der Waals surface area (Å²) in [4.78, 5) is 16.9. The first-order valence-electron chi connectivity index (χ1n) is 8.83. The van der Waals surface area contributed by atoms with E-state index >= 15 is 0 Å². The standard InChI is InChI=1S/C17H26N4O3S/c1-11(2)19-16-14(17(22)18-3)10-12-6-8-21(9-7-15(12)20-16)25(23,24)13-4-5-13/h10-11,13H,4-9H2,1-3H3,(H,18,22)(H,19,20). The number of pyridine rings is 1. The highest BCUT2D eigenvalue weighted by Crippen LogP contribution is 2.32. The van der Waals surface area contributed by atoms with Crippen molar-refractivity contribution in [1.29, 1.82) is 0 Å². The Morgan fingerprint density at radius 1 is 1.28 bits per heavy atom. The topological polar surface area (TPSA) is 91.4 Å². The molecule has 1 amide bonds. The molecule has 1 fully saturated rings. The van der Waals surface area contributed by atoms with Gasteiger partial charge in [-0.3, -0.25) is 4.79 Å². The van der Waals surface area contributed by atoms with Crippen molar-refractivity contribution in [3.63, 3.8) is 0 Å².